The van der Waals surface area contributed by atoms with E-state index in [9.17, 15) is 4.79 Å². The third kappa shape index (κ3) is 3.20. The first-order valence-corrected chi connectivity index (χ1v) is 14.5. The van der Waals surface area contributed by atoms with Gasteiger partial charge in [0.2, 0.25) is 0 Å². The molecule has 3 heteroatoms. The molecule has 0 atom stereocenters. The average Bonchev–Trinajstić information content (AvgIpc) is 2.97. The molecular formula is C22H28O2Ti. The first kappa shape index (κ1) is 17.3. The van der Waals surface area contributed by atoms with Crippen molar-refractivity contribution < 1.29 is 25.1 Å². The predicted octanol–water partition coefficient (Wildman–Crippen LogP) is 6.55. The average molecular weight is 372 g/mol. The summed E-state index contributed by atoms with van der Waals surface area (Å²) >= 11 is -2.80. The Balaban J connectivity index is 1.65. The standard InChI is InChI=1S/C13H17.C7H6O2.2CH3.Ti/c1-3-7-12-10(5-1)9-11-6-2-4-8-13(11)12;8-7(9)6-4-2-1-3-5-6;;;/h9H,1-8H2;1-5H,(H,8,9);2*1H3;/q;;;;+1/p-1. The number of hydrogen-bond acceptors (Lipinski definition) is 2. The zero-order chi connectivity index (χ0) is 17.4. The Morgan fingerprint density at radius 2 is 1.40 bits per heavy atom. The van der Waals surface area contributed by atoms with Crippen LogP contribution in [0.3, 0.4) is 0 Å². The predicted molar refractivity (Wildman–Crippen MR) is 98.3 cm³/mol. The molecule has 2 nitrogen and oxygen atoms in total. The molecule has 25 heavy (non-hydrogen) atoms. The molecule has 0 heterocycles. The summed E-state index contributed by atoms with van der Waals surface area (Å²) in [6.45, 7) is 0. The van der Waals surface area contributed by atoms with Crippen molar-refractivity contribution in [2.24, 2.45) is 0 Å². The maximum absolute atomic E-state index is 12.7. The zero-order valence-electron chi connectivity index (χ0n) is 15.4. The molecular weight excluding hydrogens is 344 g/mol. The van der Waals surface area contributed by atoms with Crippen LogP contribution in [-0.4, -0.2) is 5.97 Å². The molecule has 3 aliphatic rings. The van der Waals surface area contributed by atoms with E-state index in [2.05, 4.69) is 10.5 Å². The molecule has 0 unspecified atom stereocenters. The molecule has 0 aromatic heterocycles. The van der Waals surface area contributed by atoms with Crippen LogP contribution in [-0.2, 0) is 20.3 Å². The van der Waals surface area contributed by atoms with Gasteiger partial charge >= 0.3 is 155 Å². The molecule has 0 aliphatic heterocycles. The van der Waals surface area contributed by atoms with Crippen molar-refractivity contribution in [3.8, 4) is 0 Å². The summed E-state index contributed by atoms with van der Waals surface area (Å²) in [5, 5.41) is 4.60. The molecule has 0 fully saturated rings. The van der Waals surface area contributed by atoms with Gasteiger partial charge in [0.05, 0.1) is 0 Å². The number of rotatable bonds is 3. The topological polar surface area (TPSA) is 26.3 Å². The molecule has 4 rings (SSSR count). The number of hydrogen-bond donors (Lipinski definition) is 0. The van der Waals surface area contributed by atoms with Crippen LogP contribution in [0.4, 0.5) is 0 Å². The van der Waals surface area contributed by atoms with Crippen LogP contribution in [0.5, 0.6) is 0 Å². The Morgan fingerprint density at radius 3 is 1.96 bits per heavy atom. The van der Waals surface area contributed by atoms with Gasteiger partial charge < -0.3 is 0 Å². The van der Waals surface area contributed by atoms with Gasteiger partial charge in [-0.05, 0) is 0 Å². The summed E-state index contributed by atoms with van der Waals surface area (Å²) < 4.78 is 6.77. The van der Waals surface area contributed by atoms with Crippen LogP contribution in [0.25, 0.3) is 0 Å². The summed E-state index contributed by atoms with van der Waals surface area (Å²) in [4.78, 5) is 12.7. The molecule has 0 saturated carbocycles. The second kappa shape index (κ2) is 6.89. The number of carbonyl (C=O) groups is 1. The minimum atomic E-state index is -2.80. The van der Waals surface area contributed by atoms with Gasteiger partial charge in [0.1, 0.15) is 0 Å². The summed E-state index contributed by atoms with van der Waals surface area (Å²) in [5.41, 5.74) is 7.39. The van der Waals surface area contributed by atoms with Crippen molar-refractivity contribution in [3.63, 3.8) is 0 Å². The number of carbonyl (C=O) groups excluding carboxylic acids is 1. The fraction of sp³-hybridized carbons (Fsp3) is 0.500. The number of benzene rings is 1. The van der Waals surface area contributed by atoms with Gasteiger partial charge in [-0.1, -0.05) is 0 Å². The summed E-state index contributed by atoms with van der Waals surface area (Å²) in [7, 11) is 0. The Morgan fingerprint density at radius 1 is 0.880 bits per heavy atom. The van der Waals surface area contributed by atoms with E-state index in [0.717, 1.165) is 0 Å². The molecule has 0 amide bonds. The third-order valence-electron chi connectivity index (χ3n) is 6.14. The number of fused-ring (bicyclic) bond motifs is 1. The molecule has 1 aromatic carbocycles. The van der Waals surface area contributed by atoms with Gasteiger partial charge in [0.25, 0.3) is 0 Å². The number of allylic oxidation sites excluding steroid dienone is 4. The van der Waals surface area contributed by atoms with E-state index in [4.69, 9.17) is 3.32 Å². The van der Waals surface area contributed by atoms with Crippen molar-refractivity contribution in [2.45, 2.75) is 66.0 Å². The molecule has 3 aliphatic carbocycles. The van der Waals surface area contributed by atoms with E-state index in [0.29, 0.717) is 9.79 Å². The van der Waals surface area contributed by atoms with E-state index in [1.54, 1.807) is 22.3 Å². The zero-order valence-corrected chi connectivity index (χ0v) is 17.0. The summed E-state index contributed by atoms with van der Waals surface area (Å²) in [6, 6.07) is 9.50. The normalized spacial score (nSPS) is 21.2. The third-order valence-corrected chi connectivity index (χ3v) is 10.5. The van der Waals surface area contributed by atoms with Crippen LogP contribution in [0.15, 0.2) is 52.6 Å². The van der Waals surface area contributed by atoms with Crippen LogP contribution < -0.4 is 0 Å². The second-order valence-electron chi connectivity index (χ2n) is 8.21. The van der Waals surface area contributed by atoms with Gasteiger partial charge in [0, 0.05) is 0 Å². The van der Waals surface area contributed by atoms with Gasteiger partial charge in [-0.2, -0.15) is 0 Å². The summed E-state index contributed by atoms with van der Waals surface area (Å²) in [6.07, 6.45) is 10.3. The monoisotopic (exact) mass is 372 g/mol. The van der Waals surface area contributed by atoms with Gasteiger partial charge in [-0.25, -0.2) is 0 Å². The van der Waals surface area contributed by atoms with E-state index in [-0.39, 0.29) is 5.97 Å². The molecule has 0 saturated heterocycles. The second-order valence-corrected chi connectivity index (χ2v) is 14.4. The quantitative estimate of drug-likeness (QED) is 0.562. The molecule has 132 valence electrons. The maximum atomic E-state index is 12.7. The van der Waals surface area contributed by atoms with Crippen LogP contribution >= 0.6 is 0 Å². The van der Waals surface area contributed by atoms with E-state index < -0.39 is 17.0 Å². The Kier molecular flexibility index (Phi) is 4.77. The van der Waals surface area contributed by atoms with Gasteiger partial charge in [0.15, 0.2) is 0 Å². The SMILES string of the molecule is [CH3][Ti]([CH3])([O]C(=O)c1ccccc1)[CH]1C2=C(CCCC2)C2=C1CCCC2. The Bertz CT molecular complexity index is 711. The van der Waals surface area contributed by atoms with Crippen LogP contribution in [0, 0.1) is 0 Å². The fourth-order valence-electron chi connectivity index (χ4n) is 5.16. The van der Waals surface area contributed by atoms with E-state index in [1.807, 2.05) is 30.3 Å². The van der Waals surface area contributed by atoms with Crippen molar-refractivity contribution >= 4 is 5.97 Å². The summed E-state index contributed by atoms with van der Waals surface area (Å²) in [5.74, 6) is -0.117. The minimum absolute atomic E-state index is 0.117. The molecule has 0 spiro atoms. The first-order valence-electron chi connectivity index (χ1n) is 9.80. The molecule has 0 bridgehead atoms. The fourth-order valence-corrected chi connectivity index (χ4v) is 9.89. The van der Waals surface area contributed by atoms with E-state index in [1.165, 1.54) is 51.4 Å². The molecule has 1 aromatic rings. The van der Waals surface area contributed by atoms with Crippen molar-refractivity contribution in [2.75, 3.05) is 0 Å². The first-order chi connectivity index (χ1) is 12.1. The van der Waals surface area contributed by atoms with Crippen molar-refractivity contribution in [1.82, 2.24) is 0 Å². The molecule has 0 N–H and O–H groups in total. The Labute approximate surface area is 155 Å². The molecule has 0 radical (unpaired) electrons. The van der Waals surface area contributed by atoms with Crippen LogP contribution in [0.1, 0.15) is 61.7 Å². The van der Waals surface area contributed by atoms with Crippen LogP contribution in [0.2, 0.25) is 14.7 Å². The van der Waals surface area contributed by atoms with Gasteiger partial charge in [-0.15, -0.1) is 0 Å². The Hall–Kier alpha value is -1.12. The van der Waals surface area contributed by atoms with Crippen molar-refractivity contribution in [3.05, 3.63) is 58.2 Å². The van der Waals surface area contributed by atoms with Gasteiger partial charge in [-0.3, -0.25) is 0 Å². The van der Waals surface area contributed by atoms with E-state index >= 15 is 0 Å². The van der Waals surface area contributed by atoms with Crippen molar-refractivity contribution in [1.29, 1.82) is 0 Å².